The molecule has 1 aromatic carbocycles. The Hall–Kier alpha value is -1.64. The van der Waals surface area contributed by atoms with Gasteiger partial charge in [-0.15, -0.1) is 0 Å². The number of amides is 1. The lowest BCUT2D eigenvalue weighted by Gasteiger charge is -2.23. The van der Waals surface area contributed by atoms with Crippen LogP contribution in [0.1, 0.15) is 50.9 Å². The van der Waals surface area contributed by atoms with Gasteiger partial charge < -0.3 is 10.1 Å². The van der Waals surface area contributed by atoms with E-state index in [4.69, 9.17) is 16.3 Å². The molecule has 1 fully saturated rings. The molecule has 0 aromatic heterocycles. The number of carbonyl (C=O) groups is 2. The highest BCUT2D eigenvalue weighted by atomic mass is 35.5. The number of hydrogen-bond donors (Lipinski definition) is 2. The summed E-state index contributed by atoms with van der Waals surface area (Å²) in [6.45, 7) is 6.87. The highest BCUT2D eigenvalue weighted by Gasteiger charge is 2.30. The van der Waals surface area contributed by atoms with Crippen molar-refractivity contribution in [2.75, 3.05) is 0 Å². The van der Waals surface area contributed by atoms with Crippen molar-refractivity contribution in [1.82, 2.24) is 10.0 Å². The minimum atomic E-state index is -3.82. The second kappa shape index (κ2) is 7.54. The fraction of sp³-hybridized carbons (Fsp3) is 0.529. The van der Waals surface area contributed by atoms with Crippen LogP contribution >= 0.6 is 11.6 Å². The van der Waals surface area contributed by atoms with Crippen LogP contribution in [0.5, 0.6) is 0 Å². The lowest BCUT2D eigenvalue weighted by Crippen LogP contribution is -2.46. The zero-order valence-corrected chi connectivity index (χ0v) is 16.7. The van der Waals surface area contributed by atoms with Crippen LogP contribution in [0.25, 0.3) is 0 Å². The van der Waals surface area contributed by atoms with Crippen molar-refractivity contribution in [1.29, 1.82) is 0 Å². The molecule has 0 bridgehead atoms. The van der Waals surface area contributed by atoms with Crippen LogP contribution in [0, 0.1) is 0 Å². The van der Waals surface area contributed by atoms with E-state index >= 15 is 0 Å². The Bertz CT molecular complexity index is 813. The summed E-state index contributed by atoms with van der Waals surface area (Å²) in [5.74, 6) is -1.25. The summed E-state index contributed by atoms with van der Waals surface area (Å²) in [5, 5.41) is 2.71. The first-order chi connectivity index (χ1) is 11.9. The third-order valence-electron chi connectivity index (χ3n) is 3.51. The Balaban J connectivity index is 2.14. The van der Waals surface area contributed by atoms with E-state index in [2.05, 4.69) is 10.0 Å². The SMILES string of the molecule is C[C@@H](OC(=O)c1ccc(Cl)c(S(=O)(=O)NC2CC2)c1)C(=O)NC(C)(C)C. The molecular weight excluding hydrogens is 380 g/mol. The standard InChI is InChI=1S/C17H23ClN2O5S/c1-10(15(21)19-17(2,3)4)25-16(22)11-5-8-13(18)14(9-11)26(23,24)20-12-6-7-12/h5,8-10,12,20H,6-7H2,1-4H3,(H,19,21)/t10-/m1/s1. The average molecular weight is 403 g/mol. The van der Waals surface area contributed by atoms with Crippen molar-refractivity contribution >= 4 is 33.5 Å². The number of nitrogens with one attached hydrogen (secondary N) is 2. The number of halogens is 1. The van der Waals surface area contributed by atoms with E-state index in [1.54, 1.807) is 0 Å². The second-order valence-electron chi connectivity index (χ2n) is 7.33. The van der Waals surface area contributed by atoms with Gasteiger partial charge in [0.25, 0.3) is 5.91 Å². The second-order valence-corrected chi connectivity index (χ2v) is 9.42. The minimum absolute atomic E-state index is 0.000908. The monoisotopic (exact) mass is 402 g/mol. The lowest BCUT2D eigenvalue weighted by atomic mass is 10.1. The van der Waals surface area contributed by atoms with E-state index in [9.17, 15) is 18.0 Å². The molecule has 0 spiro atoms. The van der Waals surface area contributed by atoms with Gasteiger partial charge in [-0.25, -0.2) is 17.9 Å². The first-order valence-electron chi connectivity index (χ1n) is 8.24. The zero-order valence-electron chi connectivity index (χ0n) is 15.1. The Morgan fingerprint density at radius 1 is 1.27 bits per heavy atom. The zero-order chi connectivity index (χ0) is 19.7. The number of sulfonamides is 1. The smallest absolute Gasteiger partial charge is 0.338 e. The van der Waals surface area contributed by atoms with Crippen molar-refractivity contribution < 1.29 is 22.7 Å². The Morgan fingerprint density at radius 2 is 1.88 bits per heavy atom. The predicted molar refractivity (Wildman–Crippen MR) is 97.6 cm³/mol. The summed E-state index contributed by atoms with van der Waals surface area (Å²) < 4.78 is 32.4. The molecule has 1 saturated carbocycles. The summed E-state index contributed by atoms with van der Waals surface area (Å²) in [6, 6.07) is 3.74. The van der Waals surface area contributed by atoms with E-state index < -0.39 is 33.5 Å². The van der Waals surface area contributed by atoms with E-state index in [1.807, 2.05) is 20.8 Å². The van der Waals surface area contributed by atoms with Crippen LogP contribution in [0.2, 0.25) is 5.02 Å². The summed E-state index contributed by atoms with van der Waals surface area (Å²) >= 11 is 5.98. The Morgan fingerprint density at radius 3 is 2.42 bits per heavy atom. The van der Waals surface area contributed by atoms with Gasteiger partial charge in [0.15, 0.2) is 6.10 Å². The first-order valence-corrected chi connectivity index (χ1v) is 10.1. The normalized spacial score (nSPS) is 16.0. The molecular formula is C17H23ClN2O5S. The molecule has 0 radical (unpaired) electrons. The molecule has 0 aliphatic heterocycles. The number of esters is 1. The largest absolute Gasteiger partial charge is 0.449 e. The van der Waals surface area contributed by atoms with Gasteiger partial charge in [0.2, 0.25) is 10.0 Å². The fourth-order valence-electron chi connectivity index (χ4n) is 2.07. The molecule has 7 nitrogen and oxygen atoms in total. The molecule has 1 amide bonds. The van der Waals surface area contributed by atoms with Crippen LogP contribution in [-0.4, -0.2) is 38.0 Å². The molecule has 1 aromatic rings. The molecule has 26 heavy (non-hydrogen) atoms. The molecule has 0 heterocycles. The maximum absolute atomic E-state index is 12.4. The summed E-state index contributed by atoms with van der Waals surface area (Å²) in [4.78, 5) is 24.1. The molecule has 2 rings (SSSR count). The molecule has 0 saturated heterocycles. The number of rotatable bonds is 6. The quantitative estimate of drug-likeness (QED) is 0.710. The topological polar surface area (TPSA) is 102 Å². The highest BCUT2D eigenvalue weighted by molar-refractivity contribution is 7.89. The summed E-state index contributed by atoms with van der Waals surface area (Å²) in [5.41, 5.74) is -0.464. The number of benzene rings is 1. The van der Waals surface area contributed by atoms with Gasteiger partial charge in [-0.3, -0.25) is 4.79 Å². The molecule has 1 aliphatic carbocycles. The van der Waals surface area contributed by atoms with E-state index in [0.717, 1.165) is 18.9 Å². The molecule has 144 valence electrons. The molecule has 1 atom stereocenters. The molecule has 9 heteroatoms. The van der Waals surface area contributed by atoms with Gasteiger partial charge in [0.05, 0.1) is 10.6 Å². The minimum Gasteiger partial charge on any atom is -0.449 e. The number of carbonyl (C=O) groups excluding carboxylic acids is 2. The lowest BCUT2D eigenvalue weighted by molar-refractivity contribution is -0.130. The highest BCUT2D eigenvalue weighted by Crippen LogP contribution is 2.27. The fourth-order valence-corrected chi connectivity index (χ4v) is 3.90. The maximum Gasteiger partial charge on any atom is 0.338 e. The van der Waals surface area contributed by atoms with Crippen LogP contribution in [-0.2, 0) is 19.6 Å². The van der Waals surface area contributed by atoms with E-state index in [1.165, 1.54) is 19.1 Å². The molecule has 2 N–H and O–H groups in total. The van der Waals surface area contributed by atoms with Crippen molar-refractivity contribution in [2.45, 2.75) is 63.1 Å². The van der Waals surface area contributed by atoms with Gasteiger partial charge in [-0.05, 0) is 58.7 Å². The Labute approximate surface area is 158 Å². The maximum atomic E-state index is 12.4. The third-order valence-corrected chi connectivity index (χ3v) is 5.51. The molecule has 1 aliphatic rings. The van der Waals surface area contributed by atoms with E-state index in [0.29, 0.717) is 0 Å². The van der Waals surface area contributed by atoms with Gasteiger partial charge in [0, 0.05) is 11.6 Å². The van der Waals surface area contributed by atoms with Crippen LogP contribution in [0.4, 0.5) is 0 Å². The summed E-state index contributed by atoms with van der Waals surface area (Å²) in [7, 11) is -3.82. The van der Waals surface area contributed by atoms with Crippen LogP contribution < -0.4 is 10.0 Å². The third kappa shape index (κ3) is 5.69. The summed E-state index contributed by atoms with van der Waals surface area (Å²) in [6.07, 6.45) is 0.528. The van der Waals surface area contributed by atoms with Crippen molar-refractivity contribution in [3.05, 3.63) is 28.8 Å². The number of ether oxygens (including phenoxy) is 1. The molecule has 0 unspecified atom stereocenters. The average Bonchev–Trinajstić information content (AvgIpc) is 3.28. The van der Waals surface area contributed by atoms with Gasteiger partial charge in [-0.1, -0.05) is 11.6 Å². The van der Waals surface area contributed by atoms with Gasteiger partial charge in [-0.2, -0.15) is 0 Å². The number of hydrogen-bond acceptors (Lipinski definition) is 5. The van der Waals surface area contributed by atoms with Gasteiger partial charge in [0.1, 0.15) is 4.90 Å². The van der Waals surface area contributed by atoms with Crippen molar-refractivity contribution in [3.63, 3.8) is 0 Å². The predicted octanol–water partition coefficient (Wildman–Crippen LogP) is 2.24. The van der Waals surface area contributed by atoms with Crippen molar-refractivity contribution in [3.8, 4) is 0 Å². The van der Waals surface area contributed by atoms with E-state index in [-0.39, 0.29) is 21.5 Å². The first kappa shape index (κ1) is 20.7. The van der Waals surface area contributed by atoms with Gasteiger partial charge >= 0.3 is 5.97 Å². The Kier molecular flexibility index (Phi) is 5.99. The van der Waals surface area contributed by atoms with Crippen LogP contribution in [0.3, 0.4) is 0 Å². The van der Waals surface area contributed by atoms with Crippen molar-refractivity contribution in [2.24, 2.45) is 0 Å². The van der Waals surface area contributed by atoms with Crippen LogP contribution in [0.15, 0.2) is 23.1 Å².